The van der Waals surface area contributed by atoms with Crippen molar-refractivity contribution in [2.45, 2.75) is 16.0 Å². The van der Waals surface area contributed by atoms with Crippen LogP contribution in [0.25, 0.3) is 0 Å². The Morgan fingerprint density at radius 2 is 1.69 bits per heavy atom. The molecule has 0 aliphatic carbocycles. The molecule has 140 valence electrons. The first-order chi connectivity index (χ1) is 11.9. The second-order valence-corrected chi connectivity index (χ2v) is 7.91. The maximum atomic E-state index is 12.6. The van der Waals surface area contributed by atoms with Gasteiger partial charge in [0.15, 0.2) is 0 Å². The van der Waals surface area contributed by atoms with Gasteiger partial charge in [0, 0.05) is 24.5 Å². The molecule has 11 heteroatoms. The van der Waals surface area contributed by atoms with Gasteiger partial charge in [0.05, 0.1) is 20.4 Å². The number of nitrogens with zero attached hydrogens (tertiary/aromatic N) is 1. The van der Waals surface area contributed by atoms with E-state index in [-0.39, 0.29) is 20.5 Å². The average Bonchev–Trinajstić information content (AvgIpc) is 2.53. The summed E-state index contributed by atoms with van der Waals surface area (Å²) in [6.45, 7) is 0. The summed E-state index contributed by atoms with van der Waals surface area (Å²) in [6, 6.07) is 5.99. The molecule has 0 aromatic heterocycles. The zero-order valence-electron chi connectivity index (χ0n) is 13.0. The van der Waals surface area contributed by atoms with Crippen molar-refractivity contribution in [2.24, 2.45) is 0 Å². The van der Waals surface area contributed by atoms with Crippen molar-refractivity contribution in [1.29, 1.82) is 0 Å². The molecule has 1 N–H and O–H groups in total. The van der Waals surface area contributed by atoms with E-state index < -0.39 is 27.6 Å². The molecule has 0 aliphatic rings. The van der Waals surface area contributed by atoms with Gasteiger partial charge < -0.3 is 5.32 Å². The van der Waals surface area contributed by atoms with Crippen LogP contribution < -0.4 is 5.32 Å². The van der Waals surface area contributed by atoms with Gasteiger partial charge in [-0.25, -0.2) is 17.6 Å². The molecule has 0 unspecified atom stereocenters. The maximum Gasteiger partial charge on any atom is 0.416 e. The Morgan fingerprint density at radius 1 is 1.12 bits per heavy atom. The number of carbonyl (C=O) groups excluding carboxylic acids is 1. The Labute approximate surface area is 157 Å². The van der Waals surface area contributed by atoms with E-state index in [2.05, 4.69) is 5.32 Å². The number of alkyl halides is 3. The van der Waals surface area contributed by atoms with E-state index in [1.165, 1.54) is 19.2 Å². The Balaban J connectivity index is 2.36. The quantitative estimate of drug-likeness (QED) is 0.716. The third-order valence-electron chi connectivity index (χ3n) is 3.24. The molecule has 5 nitrogen and oxygen atoms in total. The number of benzene rings is 2. The molecule has 0 spiro atoms. The van der Waals surface area contributed by atoms with E-state index in [1.54, 1.807) is 0 Å². The molecule has 2 rings (SSSR count). The van der Waals surface area contributed by atoms with Crippen molar-refractivity contribution in [2.75, 3.05) is 12.4 Å². The van der Waals surface area contributed by atoms with Gasteiger partial charge in [-0.1, -0.05) is 11.6 Å². The van der Waals surface area contributed by atoms with Crippen LogP contribution in [0.5, 0.6) is 0 Å². The molecule has 0 fully saturated rings. The topological polar surface area (TPSA) is 66.5 Å². The summed E-state index contributed by atoms with van der Waals surface area (Å²) in [5.74, 6) is 0. The molecule has 0 heterocycles. The first kappa shape index (κ1) is 20.3. The van der Waals surface area contributed by atoms with Crippen molar-refractivity contribution in [3.05, 3.63) is 53.1 Å². The summed E-state index contributed by atoms with van der Waals surface area (Å²) >= 11 is 11.4. The van der Waals surface area contributed by atoms with Gasteiger partial charge in [-0.2, -0.15) is 13.2 Å². The molecule has 0 saturated heterocycles. The molecule has 26 heavy (non-hydrogen) atoms. The number of nitrogens with one attached hydrogen (secondary N) is 1. The zero-order valence-corrected chi connectivity index (χ0v) is 15.3. The molecule has 2 aromatic carbocycles. The first-order valence-corrected chi connectivity index (χ1v) is 9.05. The molecule has 2 aromatic rings. The number of sulfone groups is 1. The van der Waals surface area contributed by atoms with Crippen LogP contribution in [-0.2, 0) is 16.0 Å². The number of amides is 2. The summed E-state index contributed by atoms with van der Waals surface area (Å²) in [7, 11) is -2.85. The van der Waals surface area contributed by atoms with Crippen LogP contribution in [-0.4, -0.2) is 25.9 Å². The van der Waals surface area contributed by atoms with Crippen LogP contribution in [0.4, 0.5) is 23.7 Å². The van der Waals surface area contributed by atoms with Gasteiger partial charge in [0.25, 0.3) is 0 Å². The molecule has 0 aliphatic heterocycles. The molecular weight excluding hydrogens is 416 g/mol. The minimum atomic E-state index is -4.57. The zero-order chi connectivity index (χ0) is 19.7. The van der Waals surface area contributed by atoms with Crippen molar-refractivity contribution in [1.82, 2.24) is 4.42 Å². The highest BCUT2D eigenvalue weighted by Gasteiger charge is 2.31. The third kappa shape index (κ3) is 4.40. The van der Waals surface area contributed by atoms with E-state index in [0.717, 1.165) is 22.6 Å². The van der Waals surface area contributed by atoms with Crippen molar-refractivity contribution < 1.29 is 26.4 Å². The van der Waals surface area contributed by atoms with Crippen LogP contribution in [0.1, 0.15) is 5.56 Å². The van der Waals surface area contributed by atoms with E-state index >= 15 is 0 Å². The normalized spacial score (nSPS) is 11.9. The van der Waals surface area contributed by atoms with Gasteiger partial charge in [-0.15, -0.1) is 0 Å². The summed E-state index contributed by atoms with van der Waals surface area (Å²) in [6.07, 6.45) is -4.57. The number of hydrogen-bond donors (Lipinski definition) is 1. The predicted molar refractivity (Wildman–Crippen MR) is 91.0 cm³/mol. The average molecular weight is 427 g/mol. The van der Waals surface area contributed by atoms with Crippen molar-refractivity contribution in [3.63, 3.8) is 0 Å². The van der Waals surface area contributed by atoms with Crippen LogP contribution >= 0.6 is 23.4 Å². The molecule has 0 atom stereocenters. The first-order valence-electron chi connectivity index (χ1n) is 6.85. The smallest absolute Gasteiger partial charge is 0.307 e. The minimum Gasteiger partial charge on any atom is -0.307 e. The second-order valence-electron chi connectivity index (χ2n) is 5.08. The van der Waals surface area contributed by atoms with Gasteiger partial charge in [-0.05, 0) is 42.5 Å². The molecular formula is C15H11Cl2F3N2O3S. The Morgan fingerprint density at radius 3 is 2.15 bits per heavy atom. The van der Waals surface area contributed by atoms with Gasteiger partial charge >= 0.3 is 12.2 Å². The predicted octanol–water partition coefficient (Wildman–Crippen LogP) is 4.81. The largest absolute Gasteiger partial charge is 0.416 e. The summed E-state index contributed by atoms with van der Waals surface area (Å²) in [5.41, 5.74) is -0.773. The van der Waals surface area contributed by atoms with Crippen LogP contribution in [0.3, 0.4) is 0 Å². The van der Waals surface area contributed by atoms with Gasteiger partial charge in [0.1, 0.15) is 0 Å². The summed E-state index contributed by atoms with van der Waals surface area (Å²) < 4.78 is 63.7. The highest BCUT2D eigenvalue weighted by atomic mass is 35.5. The Kier molecular flexibility index (Phi) is 5.74. The van der Waals surface area contributed by atoms with E-state index in [1.807, 2.05) is 0 Å². The van der Waals surface area contributed by atoms with Crippen molar-refractivity contribution in [3.8, 4) is 0 Å². The number of rotatable bonds is 3. The highest BCUT2D eigenvalue weighted by Crippen LogP contribution is 2.33. The SMILES string of the molecule is CN(Cl)C(=O)Nc1ccc(S(=O)(=O)c2ccc(C(F)(F)F)cc2)c(Cl)c1. The number of urea groups is 1. The maximum absolute atomic E-state index is 12.6. The van der Waals surface area contributed by atoms with E-state index in [4.69, 9.17) is 23.4 Å². The van der Waals surface area contributed by atoms with Crippen LogP contribution in [0.15, 0.2) is 52.3 Å². The molecule has 2 amide bonds. The number of halogens is 5. The standard InChI is InChI=1S/C15H11Cl2F3N2O3S/c1-22(17)14(23)21-10-4-7-13(12(16)8-10)26(24,25)11-5-2-9(3-6-11)15(18,19)20/h2-8H,1H3,(H,21,23). The van der Waals surface area contributed by atoms with E-state index in [9.17, 15) is 26.4 Å². The van der Waals surface area contributed by atoms with Gasteiger partial charge in [0.2, 0.25) is 9.84 Å². The Bertz CT molecular complexity index is 930. The summed E-state index contributed by atoms with van der Waals surface area (Å²) in [4.78, 5) is 10.8. The lowest BCUT2D eigenvalue weighted by molar-refractivity contribution is -0.137. The monoisotopic (exact) mass is 426 g/mol. The highest BCUT2D eigenvalue weighted by molar-refractivity contribution is 7.91. The third-order valence-corrected chi connectivity index (χ3v) is 5.65. The number of anilines is 1. The van der Waals surface area contributed by atoms with Crippen LogP contribution in [0.2, 0.25) is 5.02 Å². The fourth-order valence-corrected chi connectivity index (χ4v) is 3.79. The summed E-state index contributed by atoms with van der Waals surface area (Å²) in [5, 5.41) is 2.17. The lowest BCUT2D eigenvalue weighted by Crippen LogP contribution is -2.23. The van der Waals surface area contributed by atoms with Crippen LogP contribution in [0, 0.1) is 0 Å². The minimum absolute atomic E-state index is 0.193. The lowest BCUT2D eigenvalue weighted by atomic mass is 10.2. The van der Waals surface area contributed by atoms with Gasteiger partial charge in [-0.3, -0.25) is 0 Å². The fourth-order valence-electron chi connectivity index (χ4n) is 1.95. The lowest BCUT2D eigenvalue weighted by Gasteiger charge is -2.12. The Hall–Kier alpha value is -1.97. The molecule has 0 saturated carbocycles. The fraction of sp³-hybridized carbons (Fsp3) is 0.133. The number of carbonyl (C=O) groups is 1. The van der Waals surface area contributed by atoms with Crippen molar-refractivity contribution >= 4 is 44.9 Å². The van der Waals surface area contributed by atoms with E-state index in [0.29, 0.717) is 12.1 Å². The second kappa shape index (κ2) is 7.34. The number of hydrogen-bond acceptors (Lipinski definition) is 3. The molecule has 0 radical (unpaired) electrons. The molecule has 0 bridgehead atoms.